The molecule has 33 heavy (non-hydrogen) atoms. The second-order valence-electron chi connectivity index (χ2n) is 7.53. The number of fused-ring (bicyclic) bond motifs is 1. The first-order chi connectivity index (χ1) is 16.0. The van der Waals surface area contributed by atoms with Gasteiger partial charge in [0.15, 0.2) is 17.1 Å². The maximum absolute atomic E-state index is 12.8. The van der Waals surface area contributed by atoms with Crippen LogP contribution in [0.15, 0.2) is 51.4 Å². The zero-order valence-electron chi connectivity index (χ0n) is 19.0. The van der Waals surface area contributed by atoms with Gasteiger partial charge in [-0.05, 0) is 48.7 Å². The molecule has 0 unspecified atom stereocenters. The lowest BCUT2D eigenvalue weighted by atomic mass is 10.1. The summed E-state index contributed by atoms with van der Waals surface area (Å²) in [4.78, 5) is 23.5. The average molecular weight is 484 g/mol. The number of ether oxygens (including phenoxy) is 2. The fourth-order valence-electron chi connectivity index (χ4n) is 3.31. The van der Waals surface area contributed by atoms with Crippen LogP contribution in [-0.4, -0.2) is 48.6 Å². The third-order valence-electron chi connectivity index (χ3n) is 5.14. The minimum atomic E-state index is -0.0969. The predicted molar refractivity (Wildman–Crippen MR) is 131 cm³/mol. The number of likely N-dealkylation sites (N-methyl/N-ethyl adjacent to an activating group) is 1. The minimum Gasteiger partial charge on any atom is -0.493 e. The van der Waals surface area contributed by atoms with E-state index in [-0.39, 0.29) is 5.91 Å². The highest BCUT2D eigenvalue weighted by Crippen LogP contribution is 2.29. The van der Waals surface area contributed by atoms with Crippen molar-refractivity contribution in [1.82, 2.24) is 14.9 Å². The Morgan fingerprint density at radius 3 is 2.73 bits per heavy atom. The van der Waals surface area contributed by atoms with E-state index in [9.17, 15) is 4.79 Å². The number of carbonyl (C=O) groups excluding carboxylic acids is 1. The van der Waals surface area contributed by atoms with Crippen molar-refractivity contribution in [3.8, 4) is 11.5 Å². The molecule has 2 aromatic heterocycles. The predicted octanol–water partition coefficient (Wildman–Crippen LogP) is 5.22. The molecular formula is C24H25N3O4S2. The van der Waals surface area contributed by atoms with Crippen LogP contribution >= 0.6 is 23.1 Å². The van der Waals surface area contributed by atoms with Crippen LogP contribution < -0.4 is 9.47 Å². The summed E-state index contributed by atoms with van der Waals surface area (Å²) in [5, 5.41) is 3.27. The Balaban J connectivity index is 1.32. The molecule has 0 aliphatic rings. The fraction of sp³-hybridized carbons (Fsp3) is 0.292. The van der Waals surface area contributed by atoms with E-state index in [0.29, 0.717) is 41.1 Å². The minimum absolute atomic E-state index is 0.0969. The van der Waals surface area contributed by atoms with E-state index in [1.165, 1.54) is 23.1 Å². The van der Waals surface area contributed by atoms with Gasteiger partial charge in [0.2, 0.25) is 0 Å². The number of methoxy groups -OCH3 is 2. The van der Waals surface area contributed by atoms with Crippen molar-refractivity contribution in [3.05, 3.63) is 63.6 Å². The van der Waals surface area contributed by atoms with Crippen molar-refractivity contribution in [2.45, 2.75) is 24.3 Å². The molecule has 7 nitrogen and oxygen atoms in total. The number of aryl methyl sites for hydroxylation is 1. The van der Waals surface area contributed by atoms with Crippen molar-refractivity contribution in [2.75, 3.05) is 27.8 Å². The molecule has 0 atom stereocenters. The lowest BCUT2D eigenvalue weighted by Crippen LogP contribution is -2.29. The molecule has 0 bridgehead atoms. The van der Waals surface area contributed by atoms with Crippen LogP contribution in [0.2, 0.25) is 0 Å². The number of thioether (sulfide) groups is 1. The van der Waals surface area contributed by atoms with Crippen LogP contribution in [0.1, 0.15) is 26.6 Å². The first kappa shape index (κ1) is 23.1. The van der Waals surface area contributed by atoms with Crippen LogP contribution in [0.4, 0.5) is 0 Å². The zero-order valence-corrected chi connectivity index (χ0v) is 20.6. The molecule has 1 amide bonds. The number of hydrogen-bond acceptors (Lipinski definition) is 8. The van der Waals surface area contributed by atoms with Gasteiger partial charge in [-0.25, -0.2) is 9.97 Å². The maximum atomic E-state index is 12.8. The molecule has 2 heterocycles. The van der Waals surface area contributed by atoms with Gasteiger partial charge in [-0.15, -0.1) is 11.3 Å². The highest BCUT2D eigenvalue weighted by Gasteiger charge is 2.17. The summed E-state index contributed by atoms with van der Waals surface area (Å²) in [6.07, 6.45) is 0.701. The zero-order chi connectivity index (χ0) is 23.4. The molecule has 0 radical (unpaired) electrons. The fourth-order valence-corrected chi connectivity index (χ4v) is 4.93. The van der Waals surface area contributed by atoms with E-state index in [2.05, 4.69) is 9.97 Å². The summed E-state index contributed by atoms with van der Waals surface area (Å²) < 4.78 is 16.4. The number of carbonyl (C=O) groups is 1. The summed E-state index contributed by atoms with van der Waals surface area (Å²) in [6.45, 7) is 2.60. The maximum Gasteiger partial charge on any atom is 0.273 e. The van der Waals surface area contributed by atoms with Crippen LogP contribution in [0.5, 0.6) is 11.5 Å². The quantitative estimate of drug-likeness (QED) is 0.302. The van der Waals surface area contributed by atoms with Crippen molar-refractivity contribution < 1.29 is 18.7 Å². The Labute approximate surface area is 200 Å². The van der Waals surface area contributed by atoms with Crippen LogP contribution in [0.3, 0.4) is 0 Å². The molecule has 0 spiro atoms. The van der Waals surface area contributed by atoms with Crippen molar-refractivity contribution >= 4 is 40.1 Å². The molecule has 0 aliphatic heterocycles. The average Bonchev–Trinajstić information content (AvgIpc) is 3.46. The van der Waals surface area contributed by atoms with E-state index in [4.69, 9.17) is 13.9 Å². The molecular weight excluding hydrogens is 458 g/mol. The van der Waals surface area contributed by atoms with Gasteiger partial charge in [0, 0.05) is 19.0 Å². The lowest BCUT2D eigenvalue weighted by molar-refractivity contribution is 0.0791. The molecule has 0 fully saturated rings. The first-order valence-electron chi connectivity index (χ1n) is 10.4. The topological polar surface area (TPSA) is 77.7 Å². The van der Waals surface area contributed by atoms with Gasteiger partial charge >= 0.3 is 0 Å². The molecule has 0 saturated carbocycles. The monoisotopic (exact) mass is 483 g/mol. The highest BCUT2D eigenvalue weighted by atomic mass is 32.2. The van der Waals surface area contributed by atoms with Gasteiger partial charge in [-0.1, -0.05) is 23.9 Å². The van der Waals surface area contributed by atoms with Crippen molar-refractivity contribution in [2.24, 2.45) is 0 Å². The molecule has 172 valence electrons. The van der Waals surface area contributed by atoms with Crippen LogP contribution in [0.25, 0.3) is 11.1 Å². The summed E-state index contributed by atoms with van der Waals surface area (Å²) in [7, 11) is 5.01. The van der Waals surface area contributed by atoms with Crippen molar-refractivity contribution in [3.63, 3.8) is 0 Å². The summed E-state index contributed by atoms with van der Waals surface area (Å²) in [5.74, 6) is 1.87. The van der Waals surface area contributed by atoms with Gasteiger partial charge in [-0.2, -0.15) is 0 Å². The Hall–Kier alpha value is -3.04. The number of amides is 1. The summed E-state index contributed by atoms with van der Waals surface area (Å²) in [5.41, 5.74) is 4.29. The number of oxazole rings is 1. The Morgan fingerprint density at radius 1 is 1.12 bits per heavy atom. The van der Waals surface area contributed by atoms with Gasteiger partial charge in [0.1, 0.15) is 16.2 Å². The van der Waals surface area contributed by atoms with Crippen LogP contribution in [0, 0.1) is 6.92 Å². The van der Waals surface area contributed by atoms with E-state index in [1.54, 1.807) is 31.5 Å². The molecule has 2 aromatic carbocycles. The van der Waals surface area contributed by atoms with Crippen LogP contribution in [-0.2, 0) is 12.2 Å². The number of benzene rings is 2. The normalized spacial score (nSPS) is 11.0. The summed E-state index contributed by atoms with van der Waals surface area (Å²) >= 11 is 2.94. The molecule has 0 N–H and O–H groups in total. The molecule has 4 rings (SSSR count). The lowest BCUT2D eigenvalue weighted by Gasteiger charge is -2.16. The summed E-state index contributed by atoms with van der Waals surface area (Å²) in [6, 6.07) is 11.7. The molecule has 0 saturated heterocycles. The second-order valence-corrected chi connectivity index (χ2v) is 9.40. The van der Waals surface area contributed by atoms with Crippen molar-refractivity contribution in [1.29, 1.82) is 0 Å². The number of hydrogen-bond donors (Lipinski definition) is 0. The third-order valence-corrected chi connectivity index (χ3v) is 7.01. The molecule has 0 aliphatic carbocycles. The largest absolute Gasteiger partial charge is 0.493 e. The first-order valence-corrected chi connectivity index (χ1v) is 12.2. The van der Waals surface area contributed by atoms with Gasteiger partial charge in [-0.3, -0.25) is 4.79 Å². The smallest absolute Gasteiger partial charge is 0.273 e. The van der Waals surface area contributed by atoms with E-state index in [0.717, 1.165) is 27.2 Å². The molecule has 4 aromatic rings. The number of thiazole rings is 1. The highest BCUT2D eigenvalue weighted by molar-refractivity contribution is 7.98. The number of nitrogens with zero attached hydrogens (tertiary/aromatic N) is 3. The van der Waals surface area contributed by atoms with Gasteiger partial charge in [0.05, 0.1) is 20.0 Å². The standard InChI is InChI=1S/C24H25N3O4S2/c1-15-5-7-19-17(11-15)26-24(31-19)33-14-22-25-18(13-32-22)23(28)27(2)10-9-16-6-8-20(29-3)21(12-16)30-4/h5-8,11-13H,9-10,14H2,1-4H3. The number of rotatable bonds is 9. The number of aromatic nitrogens is 2. The van der Waals surface area contributed by atoms with Gasteiger partial charge in [0.25, 0.3) is 11.1 Å². The van der Waals surface area contributed by atoms with E-state index < -0.39 is 0 Å². The Bertz CT molecular complexity index is 1270. The SMILES string of the molecule is COc1ccc(CCN(C)C(=O)c2csc(CSc3nc4cc(C)ccc4o3)n2)cc1OC. The third kappa shape index (κ3) is 5.48. The Kier molecular flexibility index (Phi) is 7.20. The second kappa shape index (κ2) is 10.3. The molecule has 9 heteroatoms. The van der Waals surface area contributed by atoms with E-state index in [1.807, 2.05) is 43.3 Å². The van der Waals surface area contributed by atoms with Gasteiger partial charge < -0.3 is 18.8 Å². The Morgan fingerprint density at radius 2 is 1.94 bits per heavy atom. The van der Waals surface area contributed by atoms with E-state index >= 15 is 0 Å².